The van der Waals surface area contributed by atoms with E-state index in [1.165, 1.54) is 0 Å². The van der Waals surface area contributed by atoms with Crippen molar-refractivity contribution >= 4 is 21.8 Å². The van der Waals surface area contributed by atoms with E-state index < -0.39 is 0 Å². The lowest BCUT2D eigenvalue weighted by Crippen LogP contribution is -2.25. The summed E-state index contributed by atoms with van der Waals surface area (Å²) in [7, 11) is 0. The van der Waals surface area contributed by atoms with Crippen molar-refractivity contribution in [3.63, 3.8) is 0 Å². The maximum Gasteiger partial charge on any atom is 0.260 e. The van der Waals surface area contributed by atoms with Crippen LogP contribution in [0, 0.1) is 0 Å². The van der Waals surface area contributed by atoms with Gasteiger partial charge in [0.25, 0.3) is 5.91 Å². The summed E-state index contributed by atoms with van der Waals surface area (Å²) in [4.78, 5) is 27.9. The van der Waals surface area contributed by atoms with Crippen molar-refractivity contribution in [3.8, 4) is 0 Å². The fourth-order valence-corrected chi connectivity index (χ4v) is 1.88. The molecule has 5 heteroatoms. The number of aromatic amines is 1. The second kappa shape index (κ2) is 3.24. The number of nitrogens with one attached hydrogen (secondary N) is 1. The van der Waals surface area contributed by atoms with Gasteiger partial charge in [-0.15, -0.1) is 0 Å². The number of amides is 1. The number of carbonyl (C=O) groups is 1. The normalized spacial score (nSPS) is 14.7. The molecule has 0 radical (unpaired) electrons. The monoisotopic (exact) mass is 256 g/mol. The molecule has 0 unspecified atom stereocenters. The van der Waals surface area contributed by atoms with Crippen molar-refractivity contribution in [1.29, 1.82) is 0 Å². The van der Waals surface area contributed by atoms with Crippen molar-refractivity contribution in [2.45, 2.75) is 13.5 Å². The van der Waals surface area contributed by atoms with Crippen molar-refractivity contribution < 1.29 is 4.79 Å². The van der Waals surface area contributed by atoms with Crippen molar-refractivity contribution in [2.24, 2.45) is 0 Å². The van der Waals surface area contributed by atoms with Crippen LogP contribution < -0.4 is 5.43 Å². The first-order chi connectivity index (χ1) is 6.65. The third kappa shape index (κ3) is 1.19. The summed E-state index contributed by atoms with van der Waals surface area (Å²) in [6, 6.07) is 0. The Balaban J connectivity index is 2.61. The molecule has 0 atom stereocenters. The Morgan fingerprint density at radius 1 is 1.57 bits per heavy atom. The Morgan fingerprint density at radius 3 is 2.93 bits per heavy atom. The zero-order valence-corrected chi connectivity index (χ0v) is 9.22. The zero-order chi connectivity index (χ0) is 10.3. The van der Waals surface area contributed by atoms with Gasteiger partial charge in [0.15, 0.2) is 0 Å². The summed E-state index contributed by atoms with van der Waals surface area (Å²) >= 11 is 3.10. The fourth-order valence-electron chi connectivity index (χ4n) is 1.57. The number of hydrogen-bond donors (Lipinski definition) is 1. The second-order valence-corrected chi connectivity index (χ2v) is 3.99. The standard InChI is InChI=1S/C9H9BrN2O2/c1-2-12-4-6-7(9(12)14)8(13)5(10)3-11-6/h3H,2,4H2,1H3,(H,11,13). The van der Waals surface area contributed by atoms with Gasteiger partial charge in [-0.3, -0.25) is 9.59 Å². The van der Waals surface area contributed by atoms with Crippen LogP contribution in [0.1, 0.15) is 23.0 Å². The van der Waals surface area contributed by atoms with E-state index in [4.69, 9.17) is 0 Å². The lowest BCUT2D eigenvalue weighted by atomic mass is 10.2. The Bertz CT molecular complexity index is 453. The number of carbonyl (C=O) groups excluding carboxylic acids is 1. The molecular formula is C9H9BrN2O2. The Morgan fingerprint density at radius 2 is 2.29 bits per heavy atom. The van der Waals surface area contributed by atoms with Crippen LogP contribution in [0.3, 0.4) is 0 Å². The molecule has 0 fully saturated rings. The molecule has 1 amide bonds. The van der Waals surface area contributed by atoms with Gasteiger partial charge in [0.1, 0.15) is 5.56 Å². The van der Waals surface area contributed by atoms with Crippen LogP contribution in [0.2, 0.25) is 0 Å². The largest absolute Gasteiger partial charge is 0.362 e. The summed E-state index contributed by atoms with van der Waals surface area (Å²) in [5, 5.41) is 0. The van der Waals surface area contributed by atoms with Crippen molar-refractivity contribution in [1.82, 2.24) is 9.88 Å². The van der Waals surface area contributed by atoms with Gasteiger partial charge < -0.3 is 9.88 Å². The lowest BCUT2D eigenvalue weighted by molar-refractivity contribution is 0.0786. The van der Waals surface area contributed by atoms with E-state index in [-0.39, 0.29) is 16.9 Å². The molecule has 74 valence electrons. The smallest absolute Gasteiger partial charge is 0.260 e. The highest BCUT2D eigenvalue weighted by Crippen LogP contribution is 2.18. The van der Waals surface area contributed by atoms with E-state index in [0.717, 1.165) is 0 Å². The Hall–Kier alpha value is -1.10. The first kappa shape index (κ1) is 9.45. The van der Waals surface area contributed by atoms with E-state index in [1.54, 1.807) is 11.1 Å². The van der Waals surface area contributed by atoms with Gasteiger partial charge in [0.2, 0.25) is 5.43 Å². The lowest BCUT2D eigenvalue weighted by Gasteiger charge is -2.10. The highest BCUT2D eigenvalue weighted by atomic mass is 79.9. The minimum absolute atomic E-state index is 0.176. The first-order valence-electron chi connectivity index (χ1n) is 4.34. The molecule has 0 saturated heterocycles. The third-order valence-electron chi connectivity index (χ3n) is 2.35. The molecule has 2 heterocycles. The number of H-pyrrole nitrogens is 1. The topological polar surface area (TPSA) is 53.2 Å². The summed E-state index contributed by atoms with van der Waals surface area (Å²) in [5.41, 5.74) is 0.769. The van der Waals surface area contributed by atoms with Gasteiger partial charge in [0.05, 0.1) is 16.7 Å². The molecule has 4 nitrogen and oxygen atoms in total. The minimum atomic E-state index is -0.222. The van der Waals surface area contributed by atoms with E-state index in [9.17, 15) is 9.59 Å². The molecule has 0 aliphatic carbocycles. The number of aromatic nitrogens is 1. The predicted molar refractivity (Wildman–Crippen MR) is 55.2 cm³/mol. The molecule has 2 rings (SSSR count). The summed E-state index contributed by atoms with van der Waals surface area (Å²) in [6.45, 7) is 3.02. The number of rotatable bonds is 1. The minimum Gasteiger partial charge on any atom is -0.362 e. The molecule has 0 spiro atoms. The van der Waals surface area contributed by atoms with E-state index in [0.29, 0.717) is 23.3 Å². The highest BCUT2D eigenvalue weighted by Gasteiger charge is 2.29. The van der Waals surface area contributed by atoms with Gasteiger partial charge in [-0.25, -0.2) is 0 Å². The average molecular weight is 257 g/mol. The first-order valence-corrected chi connectivity index (χ1v) is 5.13. The van der Waals surface area contributed by atoms with E-state index in [2.05, 4.69) is 20.9 Å². The molecule has 1 aliphatic heterocycles. The number of hydrogen-bond acceptors (Lipinski definition) is 2. The van der Waals surface area contributed by atoms with Crippen LogP contribution in [0.15, 0.2) is 15.5 Å². The molecule has 1 aromatic rings. The summed E-state index contributed by atoms with van der Waals surface area (Å²) in [5.74, 6) is -0.176. The maximum atomic E-state index is 11.7. The maximum absolute atomic E-state index is 11.7. The van der Waals surface area contributed by atoms with Crippen LogP contribution in [0.4, 0.5) is 0 Å². The Labute approximate surface area is 89.1 Å². The van der Waals surface area contributed by atoms with Crippen LogP contribution in [-0.2, 0) is 6.54 Å². The van der Waals surface area contributed by atoms with Gasteiger partial charge in [-0.2, -0.15) is 0 Å². The van der Waals surface area contributed by atoms with Gasteiger partial charge in [-0.1, -0.05) is 0 Å². The molecule has 14 heavy (non-hydrogen) atoms. The fraction of sp³-hybridized carbons (Fsp3) is 0.333. The van der Waals surface area contributed by atoms with E-state index in [1.807, 2.05) is 6.92 Å². The quantitative estimate of drug-likeness (QED) is 0.819. The van der Waals surface area contributed by atoms with Gasteiger partial charge in [-0.05, 0) is 22.9 Å². The summed E-state index contributed by atoms with van der Waals surface area (Å²) < 4.78 is 0.405. The molecule has 0 bridgehead atoms. The van der Waals surface area contributed by atoms with Crippen LogP contribution in [0.5, 0.6) is 0 Å². The molecule has 1 N–H and O–H groups in total. The predicted octanol–water partition coefficient (Wildman–Crippen LogP) is 1.11. The van der Waals surface area contributed by atoms with Gasteiger partial charge >= 0.3 is 0 Å². The molecule has 0 aromatic carbocycles. The number of fused-ring (bicyclic) bond motifs is 1. The van der Waals surface area contributed by atoms with E-state index >= 15 is 0 Å². The molecule has 1 aromatic heterocycles. The SMILES string of the molecule is CCN1Cc2[nH]cc(Br)c(=O)c2C1=O. The summed E-state index contributed by atoms with van der Waals surface area (Å²) in [6.07, 6.45) is 1.58. The van der Waals surface area contributed by atoms with Crippen molar-refractivity contribution in [3.05, 3.63) is 32.2 Å². The number of pyridine rings is 1. The third-order valence-corrected chi connectivity index (χ3v) is 2.94. The van der Waals surface area contributed by atoms with Crippen LogP contribution in [-0.4, -0.2) is 22.3 Å². The molecular weight excluding hydrogens is 248 g/mol. The van der Waals surface area contributed by atoms with Gasteiger partial charge in [0, 0.05) is 12.7 Å². The molecule has 1 aliphatic rings. The zero-order valence-electron chi connectivity index (χ0n) is 7.63. The number of nitrogens with zero attached hydrogens (tertiary/aromatic N) is 1. The number of halogens is 1. The average Bonchev–Trinajstić information content (AvgIpc) is 2.50. The second-order valence-electron chi connectivity index (χ2n) is 3.14. The van der Waals surface area contributed by atoms with Crippen molar-refractivity contribution in [2.75, 3.05) is 6.54 Å². The Kier molecular flexibility index (Phi) is 2.19. The highest BCUT2D eigenvalue weighted by molar-refractivity contribution is 9.10. The van der Waals surface area contributed by atoms with Crippen LogP contribution >= 0.6 is 15.9 Å². The van der Waals surface area contributed by atoms with Crippen LogP contribution in [0.25, 0.3) is 0 Å². The molecule has 0 saturated carbocycles.